The zero-order valence-electron chi connectivity index (χ0n) is 21.7. The number of hydrogen-bond acceptors (Lipinski definition) is 7. The fourth-order valence-electron chi connectivity index (χ4n) is 4.81. The maximum atomic E-state index is 13.2. The third-order valence-electron chi connectivity index (χ3n) is 6.91. The summed E-state index contributed by atoms with van der Waals surface area (Å²) in [4.78, 5) is 60.6. The number of aromatic nitrogens is 1. The van der Waals surface area contributed by atoms with Crippen molar-refractivity contribution in [1.82, 2.24) is 25.4 Å². The summed E-state index contributed by atoms with van der Waals surface area (Å²) in [6, 6.07) is 5.50. The van der Waals surface area contributed by atoms with Crippen LogP contribution in [0.5, 0.6) is 0 Å². The Hall–Kier alpha value is -3.75. The number of likely N-dealkylation sites (N-methyl/N-ethyl adjacent to an activating group) is 1. The Bertz CT molecular complexity index is 1270. The van der Waals surface area contributed by atoms with Gasteiger partial charge in [-0.3, -0.25) is 19.2 Å². The minimum absolute atomic E-state index is 0.0325. The molecule has 1 aliphatic carbocycles. The summed E-state index contributed by atoms with van der Waals surface area (Å²) in [6.45, 7) is 1.64. The number of thiazole rings is 1. The molecule has 1 aromatic heterocycles. The summed E-state index contributed by atoms with van der Waals surface area (Å²) in [5.74, 6) is 0.172. The molecule has 11 heteroatoms. The highest BCUT2D eigenvalue weighted by molar-refractivity contribution is 7.13. The Morgan fingerprint density at radius 2 is 1.82 bits per heavy atom. The van der Waals surface area contributed by atoms with Gasteiger partial charge in [0.05, 0.1) is 11.7 Å². The highest BCUT2D eigenvalue weighted by Crippen LogP contribution is 2.28. The van der Waals surface area contributed by atoms with E-state index in [0.717, 1.165) is 30.1 Å². The monoisotopic (exact) mass is 536 g/mol. The first kappa shape index (κ1) is 27.3. The molecule has 2 aromatic rings. The highest BCUT2D eigenvalue weighted by atomic mass is 32.1. The predicted octanol–water partition coefficient (Wildman–Crippen LogP) is 1.22. The van der Waals surface area contributed by atoms with Gasteiger partial charge in [0.2, 0.25) is 5.91 Å². The molecule has 0 spiro atoms. The van der Waals surface area contributed by atoms with Gasteiger partial charge in [0.15, 0.2) is 5.01 Å². The Balaban J connectivity index is 1.45. The maximum absolute atomic E-state index is 13.2. The van der Waals surface area contributed by atoms with Gasteiger partial charge in [-0.15, -0.1) is 17.8 Å². The van der Waals surface area contributed by atoms with Crippen LogP contribution in [0.2, 0.25) is 0 Å². The first-order valence-electron chi connectivity index (χ1n) is 12.5. The summed E-state index contributed by atoms with van der Waals surface area (Å²) in [7, 11) is 5.42. The number of nitrogens with one attached hydrogen (secondary N) is 3. The lowest BCUT2D eigenvalue weighted by atomic mass is 9.81. The standard InChI is InChI=1S/C27H32N6O4S/c1-5-16-6-9-18(10-7-16)28-23(34)24(35)29-19-11-8-17(27(37)32(2)3)14-21(19)30-25(36)26-31-20-12-13-33(4)15-22(20)38-26/h1,6-7,9-10,17,19,21H,8,11-15H2,2-4H3,(H,28,34)(H,29,35)(H,30,36)/t17-,19-,21+/m0/s1. The SMILES string of the molecule is C#Cc1ccc(NC(=O)C(=O)N[C@H]2CC[C@H](C(=O)N(C)C)C[C@H]2NC(=O)c2nc3c(s2)CN(C)CC3)cc1. The van der Waals surface area contributed by atoms with Crippen molar-refractivity contribution in [3.8, 4) is 12.3 Å². The van der Waals surface area contributed by atoms with Crippen LogP contribution < -0.4 is 16.0 Å². The second-order valence-electron chi connectivity index (χ2n) is 9.96. The van der Waals surface area contributed by atoms with Gasteiger partial charge >= 0.3 is 11.8 Å². The molecule has 38 heavy (non-hydrogen) atoms. The quantitative estimate of drug-likeness (QED) is 0.390. The maximum Gasteiger partial charge on any atom is 0.313 e. The number of rotatable bonds is 5. The van der Waals surface area contributed by atoms with Gasteiger partial charge in [0, 0.05) is 61.7 Å². The topological polar surface area (TPSA) is 124 Å². The van der Waals surface area contributed by atoms with Gasteiger partial charge < -0.3 is 25.8 Å². The van der Waals surface area contributed by atoms with E-state index in [1.54, 1.807) is 38.4 Å². The van der Waals surface area contributed by atoms with Gasteiger partial charge in [-0.1, -0.05) is 5.92 Å². The molecule has 3 N–H and O–H groups in total. The summed E-state index contributed by atoms with van der Waals surface area (Å²) in [5.41, 5.74) is 2.04. The van der Waals surface area contributed by atoms with Crippen molar-refractivity contribution in [2.24, 2.45) is 5.92 Å². The van der Waals surface area contributed by atoms with Gasteiger partial charge in [-0.05, 0) is 50.6 Å². The summed E-state index contributed by atoms with van der Waals surface area (Å²) in [6.07, 6.45) is 7.45. The van der Waals surface area contributed by atoms with Crippen molar-refractivity contribution in [2.45, 2.75) is 44.3 Å². The molecular formula is C27H32N6O4S. The van der Waals surface area contributed by atoms with Crippen molar-refractivity contribution in [1.29, 1.82) is 0 Å². The lowest BCUT2D eigenvalue weighted by Crippen LogP contribution is -2.57. The predicted molar refractivity (Wildman–Crippen MR) is 144 cm³/mol. The fraction of sp³-hybridized carbons (Fsp3) is 0.444. The minimum Gasteiger partial charge on any atom is -0.349 e. The Kier molecular flexibility index (Phi) is 8.44. The van der Waals surface area contributed by atoms with E-state index >= 15 is 0 Å². The van der Waals surface area contributed by atoms with Crippen molar-refractivity contribution < 1.29 is 19.2 Å². The number of nitrogens with zero attached hydrogens (tertiary/aromatic N) is 3. The number of benzene rings is 1. The Morgan fingerprint density at radius 1 is 1.08 bits per heavy atom. The molecule has 4 rings (SSSR count). The van der Waals surface area contributed by atoms with E-state index in [1.165, 1.54) is 16.2 Å². The molecule has 3 atom stereocenters. The summed E-state index contributed by atoms with van der Waals surface area (Å²) in [5, 5.41) is 8.68. The van der Waals surface area contributed by atoms with Crippen molar-refractivity contribution in [3.05, 3.63) is 45.4 Å². The van der Waals surface area contributed by atoms with E-state index in [4.69, 9.17) is 6.42 Å². The van der Waals surface area contributed by atoms with Crippen LogP contribution in [-0.2, 0) is 27.3 Å². The van der Waals surface area contributed by atoms with Crippen LogP contribution in [0, 0.1) is 18.3 Å². The number of anilines is 1. The number of terminal acetylenes is 1. The largest absolute Gasteiger partial charge is 0.349 e. The Morgan fingerprint density at radius 3 is 2.50 bits per heavy atom. The number of carbonyl (C=O) groups is 4. The number of fused-ring (bicyclic) bond motifs is 1. The van der Waals surface area contributed by atoms with Crippen LogP contribution in [0.3, 0.4) is 0 Å². The average Bonchev–Trinajstić information content (AvgIpc) is 3.33. The third kappa shape index (κ3) is 6.38. The van der Waals surface area contributed by atoms with Crippen molar-refractivity contribution in [3.63, 3.8) is 0 Å². The summed E-state index contributed by atoms with van der Waals surface area (Å²) >= 11 is 1.37. The highest BCUT2D eigenvalue weighted by Gasteiger charge is 2.37. The molecule has 1 fully saturated rings. The number of amides is 4. The molecular weight excluding hydrogens is 504 g/mol. The molecule has 200 valence electrons. The van der Waals surface area contributed by atoms with Crippen LogP contribution in [-0.4, -0.2) is 78.2 Å². The average molecular weight is 537 g/mol. The molecule has 0 saturated heterocycles. The van der Waals surface area contributed by atoms with Gasteiger partial charge in [0.1, 0.15) is 0 Å². The van der Waals surface area contributed by atoms with Crippen molar-refractivity contribution in [2.75, 3.05) is 33.0 Å². The minimum atomic E-state index is -0.827. The Labute approximate surface area is 226 Å². The summed E-state index contributed by atoms with van der Waals surface area (Å²) < 4.78 is 0. The molecule has 4 amide bonds. The number of hydrogen-bond donors (Lipinski definition) is 3. The molecule has 1 aromatic carbocycles. The van der Waals surface area contributed by atoms with Gasteiger partial charge in [0.25, 0.3) is 5.91 Å². The molecule has 0 unspecified atom stereocenters. The molecule has 0 bridgehead atoms. The number of carbonyl (C=O) groups excluding carboxylic acids is 4. The van der Waals surface area contributed by atoms with Crippen molar-refractivity contribution >= 4 is 40.7 Å². The zero-order valence-corrected chi connectivity index (χ0v) is 22.6. The normalized spacial score (nSPS) is 20.9. The molecule has 10 nitrogen and oxygen atoms in total. The van der Waals surface area contributed by atoms with E-state index in [0.29, 0.717) is 35.5 Å². The van der Waals surface area contributed by atoms with E-state index in [-0.39, 0.29) is 17.7 Å². The van der Waals surface area contributed by atoms with Crippen LogP contribution in [0.4, 0.5) is 5.69 Å². The first-order chi connectivity index (χ1) is 18.1. The van der Waals surface area contributed by atoms with Crippen LogP contribution in [0.1, 0.15) is 45.2 Å². The van der Waals surface area contributed by atoms with E-state index < -0.39 is 23.9 Å². The second-order valence-corrected chi connectivity index (χ2v) is 11.0. The van der Waals surface area contributed by atoms with Gasteiger partial charge in [-0.2, -0.15) is 0 Å². The second kappa shape index (κ2) is 11.8. The third-order valence-corrected chi connectivity index (χ3v) is 7.99. The zero-order chi connectivity index (χ0) is 27.4. The molecule has 0 radical (unpaired) electrons. The van der Waals surface area contributed by atoms with Gasteiger partial charge in [-0.25, -0.2) is 4.98 Å². The lowest BCUT2D eigenvalue weighted by molar-refractivity contribution is -0.137. The molecule has 1 aliphatic heterocycles. The smallest absolute Gasteiger partial charge is 0.313 e. The molecule has 2 aliphatic rings. The van der Waals surface area contributed by atoms with Crippen LogP contribution >= 0.6 is 11.3 Å². The fourth-order valence-corrected chi connectivity index (χ4v) is 5.91. The van der Waals surface area contributed by atoms with E-state index in [9.17, 15) is 19.2 Å². The van der Waals surface area contributed by atoms with Crippen LogP contribution in [0.15, 0.2) is 24.3 Å². The molecule has 2 heterocycles. The van der Waals surface area contributed by atoms with Crippen LogP contribution in [0.25, 0.3) is 0 Å². The molecule has 1 saturated carbocycles. The first-order valence-corrected chi connectivity index (χ1v) is 13.3. The van der Waals surface area contributed by atoms with E-state index in [1.807, 2.05) is 7.05 Å². The van der Waals surface area contributed by atoms with E-state index in [2.05, 4.69) is 31.8 Å². The lowest BCUT2D eigenvalue weighted by Gasteiger charge is -2.37.